The predicted octanol–water partition coefficient (Wildman–Crippen LogP) is 2.81. The van der Waals surface area contributed by atoms with Crippen molar-refractivity contribution >= 4 is 0 Å². The van der Waals surface area contributed by atoms with E-state index in [-0.39, 0.29) is 0 Å². The Bertz CT molecular complexity index is 193. The molecule has 0 saturated heterocycles. The van der Waals surface area contributed by atoms with Gasteiger partial charge in [0.2, 0.25) is 0 Å². The van der Waals surface area contributed by atoms with Gasteiger partial charge in [-0.05, 0) is 44.1 Å². The Morgan fingerprint density at radius 3 is 2.31 bits per heavy atom. The molecule has 1 fully saturated rings. The number of rotatable bonds is 5. The van der Waals surface area contributed by atoms with Gasteiger partial charge in [0.05, 0.1) is 5.60 Å². The van der Waals surface area contributed by atoms with E-state index in [9.17, 15) is 5.11 Å². The van der Waals surface area contributed by atoms with Crippen LogP contribution in [0.5, 0.6) is 0 Å². The Morgan fingerprint density at radius 2 is 1.81 bits per heavy atom. The molecule has 0 spiro atoms. The van der Waals surface area contributed by atoms with E-state index in [1.807, 2.05) is 6.92 Å². The second-order valence-corrected chi connectivity index (χ2v) is 6.34. The summed E-state index contributed by atoms with van der Waals surface area (Å²) >= 11 is 0. The summed E-state index contributed by atoms with van der Waals surface area (Å²) in [6, 6.07) is 0. The van der Waals surface area contributed by atoms with Gasteiger partial charge in [0.1, 0.15) is 0 Å². The monoisotopic (exact) mass is 227 g/mol. The maximum Gasteiger partial charge on any atom is 0.0771 e. The van der Waals surface area contributed by atoms with Crippen molar-refractivity contribution in [2.24, 2.45) is 17.8 Å². The summed E-state index contributed by atoms with van der Waals surface area (Å²) in [6.45, 7) is 10.5. The van der Waals surface area contributed by atoms with E-state index in [1.165, 1.54) is 25.7 Å². The van der Waals surface area contributed by atoms with Gasteiger partial charge in [0.15, 0.2) is 0 Å². The molecule has 96 valence electrons. The fourth-order valence-corrected chi connectivity index (χ4v) is 2.64. The van der Waals surface area contributed by atoms with Crippen molar-refractivity contribution in [3.05, 3.63) is 0 Å². The molecule has 0 aromatic rings. The first kappa shape index (κ1) is 14.0. The summed E-state index contributed by atoms with van der Waals surface area (Å²) in [5.74, 6) is 2.00. The van der Waals surface area contributed by atoms with E-state index in [1.54, 1.807) is 0 Å². The first-order chi connectivity index (χ1) is 7.42. The van der Waals surface area contributed by atoms with E-state index in [0.29, 0.717) is 11.8 Å². The molecule has 1 rings (SSSR count). The lowest BCUT2D eigenvalue weighted by Gasteiger charge is -2.37. The maximum absolute atomic E-state index is 10.5. The molecule has 0 bridgehead atoms. The molecule has 0 heterocycles. The zero-order valence-electron chi connectivity index (χ0n) is 11.4. The molecule has 2 nitrogen and oxygen atoms in total. The second-order valence-electron chi connectivity index (χ2n) is 6.34. The highest BCUT2D eigenvalue weighted by Gasteiger charge is 2.33. The molecular weight excluding hydrogens is 198 g/mol. The van der Waals surface area contributed by atoms with Crippen LogP contribution in [-0.4, -0.2) is 23.8 Å². The van der Waals surface area contributed by atoms with Gasteiger partial charge in [-0.1, -0.05) is 33.6 Å². The van der Waals surface area contributed by atoms with Crippen molar-refractivity contribution in [1.29, 1.82) is 0 Å². The minimum absolute atomic E-state index is 0.489. The number of hydrogen-bond donors (Lipinski definition) is 2. The zero-order chi connectivity index (χ0) is 12.2. The lowest BCUT2D eigenvalue weighted by Crippen LogP contribution is -2.46. The van der Waals surface area contributed by atoms with Gasteiger partial charge in [0, 0.05) is 6.54 Å². The molecule has 1 aliphatic rings. The number of nitrogens with one attached hydrogen (secondary N) is 1. The average molecular weight is 227 g/mol. The second kappa shape index (κ2) is 6.02. The van der Waals surface area contributed by atoms with E-state index >= 15 is 0 Å². The Labute approximate surface area is 101 Å². The fourth-order valence-electron chi connectivity index (χ4n) is 2.64. The van der Waals surface area contributed by atoms with Crippen LogP contribution in [-0.2, 0) is 0 Å². The molecule has 0 amide bonds. The van der Waals surface area contributed by atoms with E-state index < -0.39 is 5.60 Å². The largest absolute Gasteiger partial charge is 0.389 e. The first-order valence-electron chi connectivity index (χ1n) is 6.85. The summed E-state index contributed by atoms with van der Waals surface area (Å²) in [5, 5.41) is 13.9. The van der Waals surface area contributed by atoms with Crippen molar-refractivity contribution in [2.75, 3.05) is 13.1 Å². The van der Waals surface area contributed by atoms with Crippen molar-refractivity contribution in [3.63, 3.8) is 0 Å². The van der Waals surface area contributed by atoms with Crippen LogP contribution in [0.2, 0.25) is 0 Å². The zero-order valence-corrected chi connectivity index (χ0v) is 11.4. The van der Waals surface area contributed by atoms with Crippen LogP contribution in [0.15, 0.2) is 0 Å². The summed E-state index contributed by atoms with van der Waals surface area (Å²) in [6.07, 6.45) is 4.95. The third-order valence-electron chi connectivity index (χ3n) is 3.93. The molecule has 1 aliphatic carbocycles. The Balaban J connectivity index is 2.32. The quantitative estimate of drug-likeness (QED) is 0.757. The lowest BCUT2D eigenvalue weighted by molar-refractivity contribution is -0.0203. The van der Waals surface area contributed by atoms with E-state index in [2.05, 4.69) is 26.1 Å². The summed E-state index contributed by atoms with van der Waals surface area (Å²) in [4.78, 5) is 0. The molecule has 1 saturated carbocycles. The predicted molar refractivity (Wildman–Crippen MR) is 69.5 cm³/mol. The van der Waals surface area contributed by atoms with E-state index in [0.717, 1.165) is 19.0 Å². The maximum atomic E-state index is 10.5. The molecule has 0 aromatic carbocycles. The average Bonchev–Trinajstić information content (AvgIpc) is 2.17. The highest BCUT2D eigenvalue weighted by molar-refractivity contribution is 4.87. The molecule has 0 aromatic heterocycles. The van der Waals surface area contributed by atoms with Gasteiger partial charge in [0.25, 0.3) is 0 Å². The first-order valence-corrected chi connectivity index (χ1v) is 6.85. The Morgan fingerprint density at radius 1 is 1.25 bits per heavy atom. The number of aliphatic hydroxyl groups is 1. The SMILES string of the molecule is CC(C)CNCC(C)(O)C1CCC(C)CC1. The minimum atomic E-state index is -0.519. The third kappa shape index (κ3) is 4.42. The van der Waals surface area contributed by atoms with Crippen LogP contribution in [0.4, 0.5) is 0 Å². The van der Waals surface area contributed by atoms with Crippen LogP contribution in [0, 0.1) is 17.8 Å². The van der Waals surface area contributed by atoms with Gasteiger partial charge >= 0.3 is 0 Å². The molecule has 1 unspecified atom stereocenters. The number of hydrogen-bond acceptors (Lipinski definition) is 2. The van der Waals surface area contributed by atoms with Crippen LogP contribution < -0.4 is 5.32 Å². The molecule has 1 atom stereocenters. The van der Waals surface area contributed by atoms with Crippen molar-refractivity contribution < 1.29 is 5.11 Å². The minimum Gasteiger partial charge on any atom is -0.389 e. The summed E-state index contributed by atoms with van der Waals surface area (Å²) in [7, 11) is 0. The molecule has 0 radical (unpaired) electrons. The standard InChI is InChI=1S/C14H29NO/c1-11(2)9-15-10-14(4,16)13-7-5-12(3)6-8-13/h11-13,15-16H,5-10H2,1-4H3. The fraction of sp³-hybridized carbons (Fsp3) is 1.00. The van der Waals surface area contributed by atoms with Crippen molar-refractivity contribution in [1.82, 2.24) is 5.32 Å². The molecular formula is C14H29NO. The Hall–Kier alpha value is -0.0800. The molecule has 0 aliphatic heterocycles. The molecule has 16 heavy (non-hydrogen) atoms. The van der Waals surface area contributed by atoms with Gasteiger partial charge in [-0.15, -0.1) is 0 Å². The van der Waals surface area contributed by atoms with Gasteiger partial charge in [-0.25, -0.2) is 0 Å². The van der Waals surface area contributed by atoms with Crippen LogP contribution in [0.3, 0.4) is 0 Å². The van der Waals surface area contributed by atoms with Crippen LogP contribution >= 0.6 is 0 Å². The van der Waals surface area contributed by atoms with Gasteiger partial charge < -0.3 is 10.4 Å². The normalized spacial score (nSPS) is 30.4. The Kier molecular flexibility index (Phi) is 5.26. The van der Waals surface area contributed by atoms with Gasteiger partial charge in [-0.2, -0.15) is 0 Å². The van der Waals surface area contributed by atoms with Crippen LogP contribution in [0.25, 0.3) is 0 Å². The lowest BCUT2D eigenvalue weighted by atomic mass is 9.74. The van der Waals surface area contributed by atoms with Crippen LogP contribution in [0.1, 0.15) is 53.4 Å². The summed E-state index contributed by atoms with van der Waals surface area (Å²) in [5.41, 5.74) is -0.519. The van der Waals surface area contributed by atoms with Crippen molar-refractivity contribution in [3.8, 4) is 0 Å². The topological polar surface area (TPSA) is 32.3 Å². The smallest absolute Gasteiger partial charge is 0.0771 e. The highest BCUT2D eigenvalue weighted by atomic mass is 16.3. The van der Waals surface area contributed by atoms with E-state index in [4.69, 9.17) is 0 Å². The van der Waals surface area contributed by atoms with Gasteiger partial charge in [-0.3, -0.25) is 0 Å². The molecule has 2 N–H and O–H groups in total. The molecule has 2 heteroatoms. The van der Waals surface area contributed by atoms with Crippen molar-refractivity contribution in [2.45, 2.75) is 59.0 Å². The third-order valence-corrected chi connectivity index (χ3v) is 3.93. The summed E-state index contributed by atoms with van der Waals surface area (Å²) < 4.78 is 0. The highest BCUT2D eigenvalue weighted by Crippen LogP contribution is 2.34.